The number of carbonyl (C=O) groups excluding carboxylic acids is 2. The van der Waals surface area contributed by atoms with Crippen LogP contribution < -0.4 is 5.32 Å². The third-order valence-corrected chi connectivity index (χ3v) is 3.52. The summed E-state index contributed by atoms with van der Waals surface area (Å²) in [6.07, 6.45) is 6.84. The monoisotopic (exact) mass is 350 g/mol. The van der Waals surface area contributed by atoms with E-state index in [-0.39, 0.29) is 5.57 Å². The molecule has 1 aliphatic heterocycles. The van der Waals surface area contributed by atoms with Crippen molar-refractivity contribution in [2.45, 2.75) is 19.6 Å². The molecule has 0 radical (unpaired) electrons. The van der Waals surface area contributed by atoms with Crippen molar-refractivity contribution in [3.8, 4) is 0 Å². The third-order valence-electron chi connectivity index (χ3n) is 3.52. The number of hydrogen-bond donors (Lipinski definition) is 1. The lowest BCUT2D eigenvalue weighted by Gasteiger charge is -2.29. The molecule has 1 saturated heterocycles. The number of esters is 2. The Labute approximate surface area is 151 Å². The van der Waals surface area contributed by atoms with Gasteiger partial charge in [-0.25, -0.2) is 9.59 Å². The standard InChI is InChI=1S/C20H18N2O4/c1-20(2)25-18(23)17(19(24)26-20)13-22-16-8-5-6-14(12-16)9-10-15-7-3-4-11-21-15/h3-13,22H,1-2H3. The summed E-state index contributed by atoms with van der Waals surface area (Å²) in [7, 11) is 0. The second kappa shape index (κ2) is 7.23. The normalized spacial score (nSPS) is 16.2. The maximum absolute atomic E-state index is 11.9. The number of anilines is 1. The van der Waals surface area contributed by atoms with Crippen LogP contribution in [0.25, 0.3) is 12.2 Å². The molecule has 0 aliphatic carbocycles. The molecule has 3 rings (SSSR count). The van der Waals surface area contributed by atoms with Crippen molar-refractivity contribution in [2.24, 2.45) is 0 Å². The van der Waals surface area contributed by atoms with Gasteiger partial charge in [0.15, 0.2) is 5.57 Å². The summed E-state index contributed by atoms with van der Waals surface area (Å²) >= 11 is 0. The van der Waals surface area contributed by atoms with Crippen molar-refractivity contribution in [3.05, 3.63) is 71.7 Å². The van der Waals surface area contributed by atoms with E-state index in [2.05, 4.69) is 10.3 Å². The molecule has 132 valence electrons. The Morgan fingerprint density at radius 2 is 1.77 bits per heavy atom. The number of nitrogens with one attached hydrogen (secondary N) is 1. The van der Waals surface area contributed by atoms with Crippen LogP contribution in [0.4, 0.5) is 5.69 Å². The number of carbonyl (C=O) groups is 2. The highest BCUT2D eigenvalue weighted by atomic mass is 16.7. The van der Waals surface area contributed by atoms with Crippen molar-refractivity contribution < 1.29 is 19.1 Å². The van der Waals surface area contributed by atoms with Crippen molar-refractivity contribution in [1.82, 2.24) is 4.98 Å². The first-order valence-corrected chi connectivity index (χ1v) is 8.05. The molecule has 0 spiro atoms. The van der Waals surface area contributed by atoms with Crippen LogP contribution in [-0.2, 0) is 19.1 Å². The fourth-order valence-corrected chi connectivity index (χ4v) is 2.32. The summed E-state index contributed by atoms with van der Waals surface area (Å²) in [5, 5.41) is 2.93. The van der Waals surface area contributed by atoms with Gasteiger partial charge in [-0.2, -0.15) is 0 Å². The van der Waals surface area contributed by atoms with Gasteiger partial charge in [0.1, 0.15) is 0 Å². The van der Waals surface area contributed by atoms with Gasteiger partial charge in [0.05, 0.1) is 5.69 Å². The van der Waals surface area contributed by atoms with Crippen molar-refractivity contribution in [2.75, 3.05) is 5.32 Å². The van der Waals surface area contributed by atoms with Gasteiger partial charge in [0, 0.05) is 31.9 Å². The summed E-state index contributed by atoms with van der Waals surface area (Å²) in [6, 6.07) is 13.2. The van der Waals surface area contributed by atoms with Crippen LogP contribution in [0.5, 0.6) is 0 Å². The van der Waals surface area contributed by atoms with E-state index in [1.165, 1.54) is 20.0 Å². The second-order valence-corrected chi connectivity index (χ2v) is 6.09. The van der Waals surface area contributed by atoms with E-state index in [0.717, 1.165) is 11.3 Å². The minimum Gasteiger partial charge on any atom is -0.419 e. The molecule has 6 heteroatoms. The molecule has 1 aliphatic rings. The maximum Gasteiger partial charge on any atom is 0.350 e. The maximum atomic E-state index is 11.9. The SMILES string of the molecule is CC1(C)OC(=O)C(=CNc2cccc(C=Cc3ccccn3)c2)C(=O)O1. The highest BCUT2D eigenvalue weighted by Gasteiger charge is 2.38. The van der Waals surface area contributed by atoms with Crippen LogP contribution in [0.15, 0.2) is 60.4 Å². The van der Waals surface area contributed by atoms with Crippen LogP contribution in [0, 0.1) is 0 Å². The second-order valence-electron chi connectivity index (χ2n) is 6.09. The molecule has 26 heavy (non-hydrogen) atoms. The number of rotatable bonds is 4. The predicted molar refractivity (Wildman–Crippen MR) is 97.6 cm³/mol. The Morgan fingerprint density at radius 3 is 2.46 bits per heavy atom. The van der Waals surface area contributed by atoms with Crippen LogP contribution in [0.2, 0.25) is 0 Å². The topological polar surface area (TPSA) is 77.5 Å². The molecule has 0 atom stereocenters. The van der Waals surface area contributed by atoms with Gasteiger partial charge in [-0.15, -0.1) is 0 Å². The molecular formula is C20H18N2O4. The minimum absolute atomic E-state index is 0.182. The average molecular weight is 350 g/mol. The van der Waals surface area contributed by atoms with E-state index in [0.29, 0.717) is 5.69 Å². The minimum atomic E-state index is -1.25. The number of pyridine rings is 1. The number of aromatic nitrogens is 1. The van der Waals surface area contributed by atoms with Crippen molar-refractivity contribution in [1.29, 1.82) is 0 Å². The van der Waals surface area contributed by atoms with E-state index >= 15 is 0 Å². The van der Waals surface area contributed by atoms with Crippen LogP contribution in [0.1, 0.15) is 25.1 Å². The Morgan fingerprint density at radius 1 is 1.00 bits per heavy atom. The van der Waals surface area contributed by atoms with E-state index in [1.807, 2.05) is 54.6 Å². The summed E-state index contributed by atoms with van der Waals surface area (Å²) in [4.78, 5) is 28.1. The molecule has 6 nitrogen and oxygen atoms in total. The molecule has 0 bridgehead atoms. The number of benzene rings is 1. The van der Waals surface area contributed by atoms with Gasteiger partial charge < -0.3 is 14.8 Å². The van der Waals surface area contributed by atoms with Gasteiger partial charge in [-0.3, -0.25) is 4.98 Å². The zero-order chi connectivity index (χ0) is 18.6. The summed E-state index contributed by atoms with van der Waals surface area (Å²) in [5.41, 5.74) is 2.32. The Bertz CT molecular complexity index is 864. The smallest absolute Gasteiger partial charge is 0.350 e. The summed E-state index contributed by atoms with van der Waals surface area (Å²) < 4.78 is 10.1. The summed E-state index contributed by atoms with van der Waals surface area (Å²) in [5.74, 6) is -2.68. The average Bonchev–Trinajstić information content (AvgIpc) is 2.59. The number of nitrogens with zero attached hydrogens (tertiary/aromatic N) is 1. The third kappa shape index (κ3) is 4.36. The molecule has 2 aromatic rings. The lowest BCUT2D eigenvalue weighted by atomic mass is 10.1. The Hall–Kier alpha value is -3.41. The lowest BCUT2D eigenvalue weighted by molar-refractivity contribution is -0.222. The summed E-state index contributed by atoms with van der Waals surface area (Å²) in [6.45, 7) is 3.01. The van der Waals surface area contributed by atoms with Crippen LogP contribution in [-0.4, -0.2) is 22.7 Å². The zero-order valence-electron chi connectivity index (χ0n) is 14.4. The first-order valence-electron chi connectivity index (χ1n) is 8.05. The van der Waals surface area contributed by atoms with E-state index in [1.54, 1.807) is 6.20 Å². The Balaban J connectivity index is 1.72. The molecule has 1 N–H and O–H groups in total. The van der Waals surface area contributed by atoms with Crippen molar-refractivity contribution >= 4 is 29.8 Å². The Kier molecular flexibility index (Phi) is 4.84. The highest BCUT2D eigenvalue weighted by Crippen LogP contribution is 2.23. The fourth-order valence-electron chi connectivity index (χ4n) is 2.32. The lowest BCUT2D eigenvalue weighted by Crippen LogP contribution is -2.42. The van der Waals surface area contributed by atoms with Gasteiger partial charge in [0.25, 0.3) is 5.79 Å². The number of ether oxygens (including phenoxy) is 2. The largest absolute Gasteiger partial charge is 0.419 e. The van der Waals surface area contributed by atoms with Gasteiger partial charge in [0.2, 0.25) is 0 Å². The molecule has 1 aromatic heterocycles. The van der Waals surface area contributed by atoms with Gasteiger partial charge in [-0.05, 0) is 35.9 Å². The number of hydrogen-bond acceptors (Lipinski definition) is 6. The zero-order valence-corrected chi connectivity index (χ0v) is 14.4. The van der Waals surface area contributed by atoms with E-state index in [4.69, 9.17) is 9.47 Å². The molecule has 1 fully saturated rings. The van der Waals surface area contributed by atoms with E-state index in [9.17, 15) is 9.59 Å². The molecule has 1 aromatic carbocycles. The highest BCUT2D eigenvalue weighted by molar-refractivity contribution is 6.15. The first-order chi connectivity index (χ1) is 12.4. The van der Waals surface area contributed by atoms with Gasteiger partial charge >= 0.3 is 11.9 Å². The fraction of sp³-hybridized carbons (Fsp3) is 0.150. The molecular weight excluding hydrogens is 332 g/mol. The van der Waals surface area contributed by atoms with Crippen molar-refractivity contribution in [3.63, 3.8) is 0 Å². The van der Waals surface area contributed by atoms with Crippen LogP contribution >= 0.6 is 0 Å². The van der Waals surface area contributed by atoms with Gasteiger partial charge in [-0.1, -0.05) is 24.3 Å². The molecule has 0 amide bonds. The number of cyclic esters (lactones) is 2. The molecule has 0 saturated carbocycles. The van der Waals surface area contributed by atoms with Crippen LogP contribution in [0.3, 0.4) is 0 Å². The first kappa shape index (κ1) is 17.4. The van der Waals surface area contributed by atoms with E-state index < -0.39 is 17.7 Å². The molecule has 2 heterocycles. The molecule has 0 unspecified atom stereocenters. The predicted octanol–water partition coefficient (Wildman–Crippen LogP) is 3.38. The quantitative estimate of drug-likeness (QED) is 0.517.